The lowest BCUT2D eigenvalue weighted by Crippen LogP contribution is -2.27. The van der Waals surface area contributed by atoms with E-state index < -0.39 is 11.9 Å². The highest BCUT2D eigenvalue weighted by Crippen LogP contribution is 2.18. The van der Waals surface area contributed by atoms with Gasteiger partial charge in [-0.2, -0.15) is 0 Å². The van der Waals surface area contributed by atoms with Crippen molar-refractivity contribution in [2.45, 2.75) is 12.8 Å². The van der Waals surface area contributed by atoms with Crippen molar-refractivity contribution in [3.63, 3.8) is 0 Å². The maximum absolute atomic E-state index is 12.4. The maximum atomic E-state index is 12.4. The van der Waals surface area contributed by atoms with Crippen LogP contribution in [0.5, 0.6) is 5.75 Å². The number of amides is 1. The summed E-state index contributed by atoms with van der Waals surface area (Å²) >= 11 is 0. The molecule has 0 aliphatic carbocycles. The lowest BCUT2D eigenvalue weighted by molar-refractivity contribution is -0.140. The van der Waals surface area contributed by atoms with Crippen molar-refractivity contribution < 1.29 is 19.4 Å². The molecule has 2 aromatic carbocycles. The van der Waals surface area contributed by atoms with Gasteiger partial charge in [0.25, 0.3) is 0 Å². The second-order valence-corrected chi connectivity index (χ2v) is 5.20. The van der Waals surface area contributed by atoms with Crippen LogP contribution in [-0.2, 0) is 16.0 Å². The van der Waals surface area contributed by atoms with Gasteiger partial charge in [-0.3, -0.25) is 9.59 Å². The van der Waals surface area contributed by atoms with Crippen LogP contribution in [0.15, 0.2) is 54.6 Å². The van der Waals surface area contributed by atoms with Crippen LogP contribution in [0.1, 0.15) is 12.0 Å². The normalized spacial score (nSPS) is 11.5. The van der Waals surface area contributed by atoms with Gasteiger partial charge in [-0.1, -0.05) is 30.3 Å². The van der Waals surface area contributed by atoms with E-state index in [2.05, 4.69) is 5.32 Å². The number of carbonyl (C=O) groups is 2. The predicted molar refractivity (Wildman–Crippen MR) is 87.5 cm³/mol. The molecule has 5 nitrogen and oxygen atoms in total. The number of anilines is 1. The summed E-state index contributed by atoms with van der Waals surface area (Å²) in [7, 11) is 1.57. The van der Waals surface area contributed by atoms with Crippen molar-refractivity contribution in [1.82, 2.24) is 0 Å². The Balaban J connectivity index is 2.07. The largest absolute Gasteiger partial charge is 0.497 e. The minimum atomic E-state index is -0.990. The van der Waals surface area contributed by atoms with E-state index in [-0.39, 0.29) is 12.3 Å². The molecule has 0 saturated carbocycles. The van der Waals surface area contributed by atoms with E-state index in [9.17, 15) is 9.59 Å². The molecule has 0 radical (unpaired) electrons. The topological polar surface area (TPSA) is 75.6 Å². The Bertz CT molecular complexity index is 652. The van der Waals surface area contributed by atoms with E-state index in [0.29, 0.717) is 17.9 Å². The maximum Gasteiger partial charge on any atom is 0.304 e. The quantitative estimate of drug-likeness (QED) is 0.824. The van der Waals surface area contributed by atoms with Gasteiger partial charge in [0.15, 0.2) is 0 Å². The third-order valence-electron chi connectivity index (χ3n) is 3.47. The Morgan fingerprint density at radius 1 is 1.09 bits per heavy atom. The fourth-order valence-corrected chi connectivity index (χ4v) is 2.29. The van der Waals surface area contributed by atoms with Gasteiger partial charge in [0.05, 0.1) is 19.4 Å². The van der Waals surface area contributed by atoms with E-state index in [4.69, 9.17) is 9.84 Å². The smallest absolute Gasteiger partial charge is 0.304 e. The van der Waals surface area contributed by atoms with E-state index in [1.54, 1.807) is 31.4 Å². The van der Waals surface area contributed by atoms with Gasteiger partial charge in [-0.15, -0.1) is 0 Å². The van der Waals surface area contributed by atoms with Crippen LogP contribution in [0, 0.1) is 5.92 Å². The molecule has 0 aliphatic heterocycles. The second-order valence-electron chi connectivity index (χ2n) is 5.20. The number of hydrogen-bond acceptors (Lipinski definition) is 3. The number of ether oxygens (including phenoxy) is 1. The summed E-state index contributed by atoms with van der Waals surface area (Å²) in [4.78, 5) is 23.4. The minimum Gasteiger partial charge on any atom is -0.497 e. The summed E-state index contributed by atoms with van der Waals surface area (Å²) in [5, 5.41) is 11.8. The Labute approximate surface area is 134 Å². The van der Waals surface area contributed by atoms with E-state index in [1.165, 1.54) is 0 Å². The average molecular weight is 313 g/mol. The number of benzene rings is 2. The molecule has 2 N–H and O–H groups in total. The van der Waals surface area contributed by atoms with E-state index in [1.807, 2.05) is 30.3 Å². The van der Waals surface area contributed by atoms with Crippen LogP contribution >= 0.6 is 0 Å². The van der Waals surface area contributed by atoms with Crippen LogP contribution in [0.4, 0.5) is 5.69 Å². The van der Waals surface area contributed by atoms with Gasteiger partial charge in [0, 0.05) is 5.69 Å². The lowest BCUT2D eigenvalue weighted by Gasteiger charge is -2.15. The Kier molecular flexibility index (Phi) is 5.74. The molecule has 0 bridgehead atoms. The number of carboxylic acids is 1. The first-order valence-electron chi connectivity index (χ1n) is 7.29. The molecule has 0 saturated heterocycles. The number of rotatable bonds is 7. The van der Waals surface area contributed by atoms with Crippen molar-refractivity contribution in [3.05, 3.63) is 60.2 Å². The van der Waals surface area contributed by atoms with Crippen molar-refractivity contribution in [2.75, 3.05) is 12.4 Å². The molecule has 0 spiro atoms. The van der Waals surface area contributed by atoms with Crippen LogP contribution in [0.2, 0.25) is 0 Å². The van der Waals surface area contributed by atoms with Crippen molar-refractivity contribution in [2.24, 2.45) is 5.92 Å². The summed E-state index contributed by atoms with van der Waals surface area (Å²) in [6.45, 7) is 0. The average Bonchev–Trinajstić information content (AvgIpc) is 2.55. The van der Waals surface area contributed by atoms with E-state index >= 15 is 0 Å². The number of methoxy groups -OCH3 is 1. The van der Waals surface area contributed by atoms with Crippen LogP contribution in [0.3, 0.4) is 0 Å². The Morgan fingerprint density at radius 2 is 1.74 bits per heavy atom. The number of carbonyl (C=O) groups excluding carboxylic acids is 1. The summed E-state index contributed by atoms with van der Waals surface area (Å²) in [5.74, 6) is -1.23. The standard InChI is InChI=1S/C18H19NO4/c1-23-16-9-7-15(8-10-16)19-18(22)14(12-17(20)21)11-13-5-3-2-4-6-13/h2-10,14H,11-12H2,1H3,(H,19,22)(H,20,21)/t14-/m1/s1. The highest BCUT2D eigenvalue weighted by Gasteiger charge is 2.22. The lowest BCUT2D eigenvalue weighted by atomic mass is 9.95. The van der Waals surface area contributed by atoms with Gasteiger partial charge in [0.2, 0.25) is 5.91 Å². The molecule has 0 heterocycles. The third kappa shape index (κ3) is 5.14. The zero-order valence-corrected chi connectivity index (χ0v) is 12.9. The van der Waals surface area contributed by atoms with Crippen LogP contribution < -0.4 is 10.1 Å². The van der Waals surface area contributed by atoms with Crippen molar-refractivity contribution >= 4 is 17.6 Å². The molecule has 1 atom stereocenters. The van der Waals surface area contributed by atoms with Crippen LogP contribution in [-0.4, -0.2) is 24.1 Å². The Hall–Kier alpha value is -2.82. The van der Waals surface area contributed by atoms with Gasteiger partial charge < -0.3 is 15.2 Å². The number of carboxylic acid groups (broad SMARTS) is 1. The molecule has 2 rings (SSSR count). The first-order chi connectivity index (χ1) is 11.1. The summed E-state index contributed by atoms with van der Waals surface area (Å²) < 4.78 is 5.06. The zero-order valence-electron chi connectivity index (χ0n) is 12.9. The minimum absolute atomic E-state index is 0.211. The van der Waals surface area contributed by atoms with Crippen molar-refractivity contribution in [3.8, 4) is 5.75 Å². The number of hydrogen-bond donors (Lipinski definition) is 2. The third-order valence-corrected chi connectivity index (χ3v) is 3.47. The molecule has 23 heavy (non-hydrogen) atoms. The molecule has 0 fully saturated rings. The van der Waals surface area contributed by atoms with Gasteiger partial charge >= 0.3 is 5.97 Å². The van der Waals surface area contributed by atoms with Gasteiger partial charge in [-0.25, -0.2) is 0 Å². The molecule has 0 aromatic heterocycles. The molecule has 0 aliphatic rings. The zero-order chi connectivity index (χ0) is 16.7. The molecule has 120 valence electrons. The van der Waals surface area contributed by atoms with E-state index in [0.717, 1.165) is 5.56 Å². The monoisotopic (exact) mass is 313 g/mol. The molecular weight excluding hydrogens is 294 g/mol. The first-order valence-corrected chi connectivity index (χ1v) is 7.29. The molecule has 5 heteroatoms. The van der Waals surface area contributed by atoms with Crippen LogP contribution in [0.25, 0.3) is 0 Å². The molecule has 0 unspecified atom stereocenters. The summed E-state index contributed by atoms with van der Waals surface area (Å²) in [6.07, 6.45) is 0.173. The van der Waals surface area contributed by atoms with Gasteiger partial charge in [0.1, 0.15) is 5.75 Å². The summed E-state index contributed by atoms with van der Waals surface area (Å²) in [5.41, 5.74) is 1.54. The SMILES string of the molecule is COc1ccc(NC(=O)[C@@H](CC(=O)O)Cc2ccccc2)cc1. The predicted octanol–water partition coefficient (Wildman–Crippen LogP) is 2.97. The fraction of sp³-hybridized carbons (Fsp3) is 0.222. The Morgan fingerprint density at radius 3 is 2.30 bits per heavy atom. The number of nitrogens with one attached hydrogen (secondary N) is 1. The molecular formula is C18H19NO4. The first kappa shape index (κ1) is 16.5. The highest BCUT2D eigenvalue weighted by atomic mass is 16.5. The summed E-state index contributed by atoms with van der Waals surface area (Å²) in [6, 6.07) is 16.3. The van der Waals surface area contributed by atoms with Crippen molar-refractivity contribution in [1.29, 1.82) is 0 Å². The second kappa shape index (κ2) is 7.98. The van der Waals surface area contributed by atoms with Gasteiger partial charge in [-0.05, 0) is 36.2 Å². The molecule has 2 aromatic rings. The molecule has 1 amide bonds. The highest BCUT2D eigenvalue weighted by molar-refractivity contribution is 5.94. The fourth-order valence-electron chi connectivity index (χ4n) is 2.29. The number of aliphatic carboxylic acids is 1.